The van der Waals surface area contributed by atoms with Crippen LogP contribution in [0.25, 0.3) is 0 Å². The van der Waals surface area contributed by atoms with Crippen LogP contribution in [-0.2, 0) is 14.3 Å². The van der Waals surface area contributed by atoms with E-state index in [9.17, 15) is 25.2 Å². The molecule has 148 valence electrons. The van der Waals surface area contributed by atoms with Gasteiger partial charge in [-0.05, 0) is 42.9 Å². The van der Waals surface area contributed by atoms with E-state index in [1.807, 2.05) is 26.8 Å². The molecular weight excluding hydrogens is 340 g/mol. The van der Waals surface area contributed by atoms with E-state index in [1.165, 1.54) is 0 Å². The van der Waals surface area contributed by atoms with Gasteiger partial charge in [0.15, 0.2) is 12.1 Å². The monoisotopic (exact) mass is 370 g/mol. The smallest absolute Gasteiger partial charge is 0.186 e. The summed E-state index contributed by atoms with van der Waals surface area (Å²) < 4.78 is 11.0. The molecule has 1 aliphatic heterocycles. The third kappa shape index (κ3) is 4.60. The van der Waals surface area contributed by atoms with Crippen molar-refractivity contribution in [3.05, 3.63) is 23.3 Å². The Labute approximate surface area is 153 Å². The Kier molecular flexibility index (Phi) is 6.76. The maximum absolute atomic E-state index is 11.8. The molecule has 2 aliphatic rings. The van der Waals surface area contributed by atoms with Gasteiger partial charge in [0, 0.05) is 6.42 Å². The summed E-state index contributed by atoms with van der Waals surface area (Å²) in [5, 5.41) is 38.9. The number of hydrogen-bond acceptors (Lipinski definition) is 7. The van der Waals surface area contributed by atoms with Gasteiger partial charge in [0.1, 0.15) is 24.4 Å². The van der Waals surface area contributed by atoms with E-state index < -0.39 is 37.3 Å². The average molecular weight is 370 g/mol. The zero-order chi connectivity index (χ0) is 19.6. The number of carbonyl (C=O) groups is 1. The number of carbonyl (C=O) groups excluding carboxylic acids is 1. The van der Waals surface area contributed by atoms with Crippen molar-refractivity contribution in [1.29, 1.82) is 0 Å². The Morgan fingerprint density at radius 1 is 1.31 bits per heavy atom. The molecule has 0 aromatic heterocycles. The zero-order valence-electron chi connectivity index (χ0n) is 15.8. The molecule has 1 heterocycles. The van der Waals surface area contributed by atoms with Gasteiger partial charge in [-0.15, -0.1) is 0 Å². The Hall–Kier alpha value is -1.09. The number of aliphatic hydroxyl groups is 4. The van der Waals surface area contributed by atoms with Gasteiger partial charge in [-0.1, -0.05) is 19.9 Å². The SMILES string of the molecule is CC1=CC(=O)CC(C)(C)C1=CCC(C)OC1OC(CO)C(O)C(O)C1O. The van der Waals surface area contributed by atoms with Crippen LogP contribution < -0.4 is 0 Å². The van der Waals surface area contributed by atoms with Crippen molar-refractivity contribution in [2.75, 3.05) is 6.61 Å². The van der Waals surface area contributed by atoms with E-state index in [0.29, 0.717) is 12.8 Å². The van der Waals surface area contributed by atoms with E-state index in [-0.39, 0.29) is 17.3 Å². The molecule has 4 N–H and O–H groups in total. The molecule has 2 rings (SSSR count). The lowest BCUT2D eigenvalue weighted by atomic mass is 9.72. The van der Waals surface area contributed by atoms with Crippen molar-refractivity contribution < 1.29 is 34.7 Å². The lowest BCUT2D eigenvalue weighted by molar-refractivity contribution is -0.309. The Balaban J connectivity index is 2.03. The van der Waals surface area contributed by atoms with Crippen LogP contribution in [0.5, 0.6) is 0 Å². The number of ether oxygens (including phenoxy) is 2. The molecule has 1 saturated heterocycles. The zero-order valence-corrected chi connectivity index (χ0v) is 15.8. The van der Waals surface area contributed by atoms with Crippen molar-refractivity contribution in [2.45, 2.75) is 77.3 Å². The maximum Gasteiger partial charge on any atom is 0.186 e. The summed E-state index contributed by atoms with van der Waals surface area (Å²) in [6.07, 6.45) is -2.09. The predicted octanol–water partition coefficient (Wildman–Crippen LogP) is 0.453. The number of allylic oxidation sites excluding steroid dienone is 3. The second kappa shape index (κ2) is 8.29. The minimum Gasteiger partial charge on any atom is -0.394 e. The molecule has 26 heavy (non-hydrogen) atoms. The maximum atomic E-state index is 11.8. The largest absolute Gasteiger partial charge is 0.394 e. The molecule has 0 bridgehead atoms. The average Bonchev–Trinajstić information content (AvgIpc) is 2.53. The molecule has 6 unspecified atom stereocenters. The Morgan fingerprint density at radius 2 is 1.96 bits per heavy atom. The fourth-order valence-corrected chi connectivity index (χ4v) is 3.62. The van der Waals surface area contributed by atoms with Crippen molar-refractivity contribution >= 4 is 5.78 Å². The predicted molar refractivity (Wildman–Crippen MR) is 94.2 cm³/mol. The van der Waals surface area contributed by atoms with Gasteiger partial charge in [-0.2, -0.15) is 0 Å². The molecule has 0 aromatic rings. The highest BCUT2D eigenvalue weighted by Crippen LogP contribution is 2.39. The van der Waals surface area contributed by atoms with Crippen LogP contribution in [0.15, 0.2) is 23.3 Å². The summed E-state index contributed by atoms with van der Waals surface area (Å²) in [5.74, 6) is 0.121. The molecule has 1 aliphatic carbocycles. The number of hydrogen-bond donors (Lipinski definition) is 4. The first kappa shape index (κ1) is 21.2. The third-order valence-electron chi connectivity index (χ3n) is 5.02. The summed E-state index contributed by atoms with van der Waals surface area (Å²) in [4.78, 5) is 11.8. The summed E-state index contributed by atoms with van der Waals surface area (Å²) in [7, 11) is 0. The van der Waals surface area contributed by atoms with Crippen molar-refractivity contribution in [2.24, 2.45) is 5.41 Å². The second-order valence-corrected chi connectivity index (χ2v) is 7.85. The first-order valence-electron chi connectivity index (χ1n) is 8.95. The van der Waals surface area contributed by atoms with Crippen LogP contribution in [-0.4, -0.2) is 69.6 Å². The van der Waals surface area contributed by atoms with E-state index in [1.54, 1.807) is 13.0 Å². The van der Waals surface area contributed by atoms with Crippen LogP contribution in [0, 0.1) is 5.41 Å². The van der Waals surface area contributed by atoms with Gasteiger partial charge in [-0.25, -0.2) is 0 Å². The first-order chi connectivity index (χ1) is 12.1. The summed E-state index contributed by atoms with van der Waals surface area (Å²) in [6, 6.07) is 0. The van der Waals surface area contributed by atoms with Gasteiger partial charge >= 0.3 is 0 Å². The molecule has 0 aromatic carbocycles. The minimum absolute atomic E-state index is 0.121. The number of aliphatic hydroxyl groups excluding tert-OH is 4. The van der Waals surface area contributed by atoms with Crippen LogP contribution in [0.3, 0.4) is 0 Å². The normalized spacial score (nSPS) is 37.5. The summed E-state index contributed by atoms with van der Waals surface area (Å²) in [5.41, 5.74) is 1.77. The van der Waals surface area contributed by atoms with Gasteiger partial charge in [-0.3, -0.25) is 4.79 Å². The molecule has 0 saturated carbocycles. The molecule has 7 nitrogen and oxygen atoms in total. The quantitative estimate of drug-likeness (QED) is 0.555. The van der Waals surface area contributed by atoms with Crippen molar-refractivity contribution in [1.82, 2.24) is 0 Å². The lowest BCUT2D eigenvalue weighted by Crippen LogP contribution is -2.59. The Morgan fingerprint density at radius 3 is 2.54 bits per heavy atom. The van der Waals surface area contributed by atoms with E-state index in [0.717, 1.165) is 11.1 Å². The van der Waals surface area contributed by atoms with Gasteiger partial charge in [0.05, 0.1) is 12.7 Å². The fraction of sp³-hybridized carbons (Fsp3) is 0.737. The lowest BCUT2D eigenvalue weighted by Gasteiger charge is -2.40. The fourth-order valence-electron chi connectivity index (χ4n) is 3.62. The standard InChI is InChI=1S/C19H30O7/c1-10-7-12(21)8-19(3,4)13(10)6-5-11(2)25-18-17(24)16(23)15(22)14(9-20)26-18/h6-7,11,14-18,20,22-24H,5,8-9H2,1-4H3. The molecule has 0 spiro atoms. The topological polar surface area (TPSA) is 116 Å². The van der Waals surface area contributed by atoms with E-state index >= 15 is 0 Å². The number of ketones is 1. The minimum atomic E-state index is -1.45. The highest BCUT2D eigenvalue weighted by atomic mass is 16.7. The number of rotatable bonds is 5. The molecule has 1 fully saturated rings. The molecule has 7 heteroatoms. The second-order valence-electron chi connectivity index (χ2n) is 7.85. The van der Waals surface area contributed by atoms with Crippen LogP contribution in [0.1, 0.15) is 40.5 Å². The van der Waals surface area contributed by atoms with Gasteiger partial charge < -0.3 is 29.9 Å². The van der Waals surface area contributed by atoms with Crippen LogP contribution in [0.2, 0.25) is 0 Å². The Bertz CT molecular complexity index is 578. The van der Waals surface area contributed by atoms with Crippen molar-refractivity contribution in [3.8, 4) is 0 Å². The highest BCUT2D eigenvalue weighted by molar-refractivity contribution is 5.93. The van der Waals surface area contributed by atoms with Crippen molar-refractivity contribution in [3.63, 3.8) is 0 Å². The summed E-state index contributed by atoms with van der Waals surface area (Å²) in [6.45, 7) is 7.27. The van der Waals surface area contributed by atoms with Crippen LogP contribution >= 0.6 is 0 Å². The van der Waals surface area contributed by atoms with Crippen LogP contribution in [0.4, 0.5) is 0 Å². The summed E-state index contributed by atoms with van der Waals surface area (Å²) >= 11 is 0. The van der Waals surface area contributed by atoms with E-state index in [4.69, 9.17) is 9.47 Å². The molecule has 0 amide bonds. The van der Waals surface area contributed by atoms with E-state index in [2.05, 4.69) is 0 Å². The van der Waals surface area contributed by atoms with Gasteiger partial charge in [0.25, 0.3) is 0 Å². The molecular formula is C19H30O7. The van der Waals surface area contributed by atoms with Gasteiger partial charge in [0.2, 0.25) is 0 Å². The first-order valence-corrected chi connectivity index (χ1v) is 8.95. The molecule has 6 atom stereocenters. The third-order valence-corrected chi connectivity index (χ3v) is 5.02. The highest BCUT2D eigenvalue weighted by Gasteiger charge is 2.44. The molecule has 0 radical (unpaired) electrons.